The van der Waals surface area contributed by atoms with Gasteiger partial charge in [-0.2, -0.15) is 0 Å². The second-order valence-electron chi connectivity index (χ2n) is 2.13. The molecule has 0 amide bonds. The minimum Gasteiger partial charge on any atom is -0.296 e. The Morgan fingerprint density at radius 2 is 2.00 bits per heavy atom. The fourth-order valence-corrected chi connectivity index (χ4v) is 0.732. The molecule has 0 aliphatic carbocycles. The van der Waals surface area contributed by atoms with Gasteiger partial charge in [0.25, 0.3) is 0 Å². The summed E-state index contributed by atoms with van der Waals surface area (Å²) in [5, 5.41) is 0. The van der Waals surface area contributed by atoms with Gasteiger partial charge >= 0.3 is 0 Å². The maximum absolute atomic E-state index is 10.8. The van der Waals surface area contributed by atoms with E-state index in [1.807, 2.05) is 13.8 Å². The van der Waals surface area contributed by atoms with Crippen molar-refractivity contribution >= 4 is 5.78 Å². The molecule has 0 spiro atoms. The first-order chi connectivity index (χ1) is 4.74. The van der Waals surface area contributed by atoms with E-state index in [9.17, 15) is 4.79 Å². The molecule has 0 aromatic heterocycles. The van der Waals surface area contributed by atoms with E-state index in [2.05, 4.69) is 11.5 Å². The van der Waals surface area contributed by atoms with E-state index in [-0.39, 0.29) is 5.78 Å². The largest absolute Gasteiger partial charge is 0.296 e. The van der Waals surface area contributed by atoms with E-state index in [0.29, 0.717) is 6.54 Å². The van der Waals surface area contributed by atoms with Gasteiger partial charge < -0.3 is 0 Å². The zero-order valence-electron chi connectivity index (χ0n) is 6.76. The van der Waals surface area contributed by atoms with Crippen molar-refractivity contribution in [2.75, 3.05) is 19.6 Å². The van der Waals surface area contributed by atoms with Gasteiger partial charge in [-0.1, -0.05) is 20.4 Å². The molecule has 58 valence electrons. The zero-order chi connectivity index (χ0) is 7.98. The van der Waals surface area contributed by atoms with Crippen molar-refractivity contribution in [3.63, 3.8) is 0 Å². The lowest BCUT2D eigenvalue weighted by Gasteiger charge is -2.14. The highest BCUT2D eigenvalue weighted by Gasteiger charge is 2.01. The molecule has 0 fully saturated rings. The van der Waals surface area contributed by atoms with E-state index >= 15 is 0 Å². The molecule has 0 aliphatic heterocycles. The molecule has 0 atom stereocenters. The molecule has 0 heterocycles. The predicted octanol–water partition coefficient (Wildman–Crippen LogP) is 1.08. The smallest absolute Gasteiger partial charge is 0.169 e. The van der Waals surface area contributed by atoms with E-state index in [4.69, 9.17) is 0 Å². The highest BCUT2D eigenvalue weighted by atomic mass is 16.1. The minimum atomic E-state index is 0.101. The quantitative estimate of drug-likeness (QED) is 0.534. The third-order valence-electron chi connectivity index (χ3n) is 1.50. The first-order valence-electron chi connectivity index (χ1n) is 3.62. The third kappa shape index (κ3) is 3.41. The summed E-state index contributed by atoms with van der Waals surface area (Å²) in [6, 6.07) is 0. The van der Waals surface area contributed by atoms with Gasteiger partial charge in [0.1, 0.15) is 0 Å². The highest BCUT2D eigenvalue weighted by Crippen LogP contribution is 1.86. The van der Waals surface area contributed by atoms with Crippen LogP contribution in [0.3, 0.4) is 0 Å². The molecule has 0 N–H and O–H groups in total. The molecule has 0 saturated heterocycles. The summed E-state index contributed by atoms with van der Waals surface area (Å²) in [4.78, 5) is 12.8. The fourth-order valence-electron chi connectivity index (χ4n) is 0.732. The summed E-state index contributed by atoms with van der Waals surface area (Å²) < 4.78 is 0. The van der Waals surface area contributed by atoms with Crippen LogP contribution >= 0.6 is 0 Å². The summed E-state index contributed by atoms with van der Waals surface area (Å²) in [7, 11) is 0. The lowest BCUT2D eigenvalue weighted by molar-refractivity contribution is -0.115. The third-order valence-corrected chi connectivity index (χ3v) is 1.50. The summed E-state index contributed by atoms with van der Waals surface area (Å²) in [5.74, 6) is 0.101. The van der Waals surface area contributed by atoms with Crippen LogP contribution in [-0.2, 0) is 4.79 Å². The molecule has 0 unspecified atom stereocenters. The first kappa shape index (κ1) is 9.37. The Morgan fingerprint density at radius 3 is 2.30 bits per heavy atom. The van der Waals surface area contributed by atoms with Gasteiger partial charge in [-0.25, -0.2) is 0 Å². The van der Waals surface area contributed by atoms with E-state index in [1.54, 1.807) is 0 Å². The monoisotopic (exact) mass is 141 g/mol. The Morgan fingerprint density at radius 1 is 1.50 bits per heavy atom. The van der Waals surface area contributed by atoms with Crippen molar-refractivity contribution < 1.29 is 4.79 Å². The van der Waals surface area contributed by atoms with Crippen molar-refractivity contribution in [1.82, 2.24) is 4.90 Å². The van der Waals surface area contributed by atoms with Crippen molar-refractivity contribution in [1.29, 1.82) is 0 Å². The normalized spacial score (nSPS) is 9.90. The van der Waals surface area contributed by atoms with Gasteiger partial charge in [0.15, 0.2) is 5.78 Å². The molecule has 0 radical (unpaired) electrons. The molecule has 0 rings (SSSR count). The average Bonchev–Trinajstić information content (AvgIpc) is 1.99. The minimum absolute atomic E-state index is 0.101. The maximum atomic E-state index is 10.8. The molecule has 2 heteroatoms. The Hall–Kier alpha value is -0.630. The second kappa shape index (κ2) is 5.18. The van der Waals surface area contributed by atoms with Gasteiger partial charge in [0, 0.05) is 0 Å². The van der Waals surface area contributed by atoms with Crippen LogP contribution in [0.4, 0.5) is 0 Å². The van der Waals surface area contributed by atoms with Crippen LogP contribution in [-0.4, -0.2) is 30.3 Å². The van der Waals surface area contributed by atoms with Crippen LogP contribution in [0.5, 0.6) is 0 Å². The van der Waals surface area contributed by atoms with E-state index < -0.39 is 0 Å². The van der Waals surface area contributed by atoms with Crippen molar-refractivity contribution in [3.8, 4) is 0 Å². The van der Waals surface area contributed by atoms with E-state index in [1.165, 1.54) is 6.08 Å². The molecule has 10 heavy (non-hydrogen) atoms. The molecule has 0 saturated carbocycles. The van der Waals surface area contributed by atoms with Gasteiger partial charge in [-0.05, 0) is 19.2 Å². The number of carbonyl (C=O) groups excluding carboxylic acids is 1. The van der Waals surface area contributed by atoms with Crippen molar-refractivity contribution in [2.45, 2.75) is 13.8 Å². The number of ketones is 1. The summed E-state index contributed by atoms with van der Waals surface area (Å²) in [5.41, 5.74) is 0. The van der Waals surface area contributed by atoms with Gasteiger partial charge in [-0.15, -0.1) is 0 Å². The molecule has 0 aliphatic rings. The molecular weight excluding hydrogens is 126 g/mol. The first-order valence-corrected chi connectivity index (χ1v) is 3.62. The maximum Gasteiger partial charge on any atom is 0.169 e. The fraction of sp³-hybridized carbons (Fsp3) is 0.625. The topological polar surface area (TPSA) is 20.3 Å². The number of hydrogen-bond acceptors (Lipinski definition) is 2. The average molecular weight is 141 g/mol. The SMILES string of the molecule is C=CC(=O)CN(CC)CC. The standard InChI is InChI=1S/C8H15NO/c1-4-8(10)7-9(5-2)6-3/h4H,1,5-7H2,2-3H3. The number of rotatable bonds is 5. The molecular formula is C8H15NO. The van der Waals surface area contributed by atoms with Crippen LogP contribution < -0.4 is 0 Å². The van der Waals surface area contributed by atoms with Crippen molar-refractivity contribution in [3.05, 3.63) is 12.7 Å². The Balaban J connectivity index is 3.62. The Kier molecular flexibility index (Phi) is 4.85. The second-order valence-corrected chi connectivity index (χ2v) is 2.13. The summed E-state index contributed by atoms with van der Waals surface area (Å²) in [6.45, 7) is 9.85. The number of hydrogen-bond donors (Lipinski definition) is 0. The Labute approximate surface area is 62.5 Å². The number of carbonyl (C=O) groups is 1. The molecule has 2 nitrogen and oxygen atoms in total. The summed E-state index contributed by atoms with van der Waals surface area (Å²) in [6.07, 6.45) is 1.37. The predicted molar refractivity (Wildman–Crippen MR) is 43.0 cm³/mol. The molecule has 0 bridgehead atoms. The summed E-state index contributed by atoms with van der Waals surface area (Å²) >= 11 is 0. The van der Waals surface area contributed by atoms with Crippen LogP contribution in [0.25, 0.3) is 0 Å². The molecule has 0 aromatic rings. The van der Waals surface area contributed by atoms with Crippen LogP contribution in [0.2, 0.25) is 0 Å². The van der Waals surface area contributed by atoms with Crippen LogP contribution in [0.15, 0.2) is 12.7 Å². The number of likely N-dealkylation sites (N-methyl/N-ethyl adjacent to an activating group) is 1. The lowest BCUT2D eigenvalue weighted by atomic mass is 10.3. The lowest BCUT2D eigenvalue weighted by Crippen LogP contribution is -2.28. The van der Waals surface area contributed by atoms with Gasteiger partial charge in [-0.3, -0.25) is 9.69 Å². The highest BCUT2D eigenvalue weighted by molar-refractivity contribution is 5.90. The number of nitrogens with zero attached hydrogens (tertiary/aromatic N) is 1. The Bertz CT molecular complexity index is 116. The zero-order valence-corrected chi connectivity index (χ0v) is 6.76. The molecule has 0 aromatic carbocycles. The van der Waals surface area contributed by atoms with Crippen molar-refractivity contribution in [2.24, 2.45) is 0 Å². The van der Waals surface area contributed by atoms with E-state index in [0.717, 1.165) is 13.1 Å². The van der Waals surface area contributed by atoms with Crippen LogP contribution in [0.1, 0.15) is 13.8 Å². The van der Waals surface area contributed by atoms with Gasteiger partial charge in [0.05, 0.1) is 6.54 Å². The van der Waals surface area contributed by atoms with Crippen LogP contribution in [0, 0.1) is 0 Å². The van der Waals surface area contributed by atoms with Gasteiger partial charge in [0.2, 0.25) is 0 Å².